The molecule has 0 bridgehead atoms. The van der Waals surface area contributed by atoms with Crippen LogP contribution in [0.4, 0.5) is 0 Å². The van der Waals surface area contributed by atoms with Crippen LogP contribution < -0.4 is 10.5 Å². The highest BCUT2D eigenvalue weighted by Crippen LogP contribution is 2.23. The van der Waals surface area contributed by atoms with E-state index in [9.17, 15) is 4.79 Å². The van der Waals surface area contributed by atoms with Gasteiger partial charge in [-0.2, -0.15) is 5.26 Å². The number of amides is 1. The molecule has 0 radical (unpaired) electrons. The molecule has 1 amide bonds. The van der Waals surface area contributed by atoms with E-state index in [0.29, 0.717) is 11.3 Å². The Kier molecular flexibility index (Phi) is 2.73. The summed E-state index contributed by atoms with van der Waals surface area (Å²) in [5, 5.41) is 8.87. The Hall–Kier alpha value is -2.02. The molecule has 72 valence electrons. The molecule has 0 unspecified atom stereocenters. The van der Waals surface area contributed by atoms with Crippen LogP contribution in [0.3, 0.4) is 0 Å². The van der Waals surface area contributed by atoms with Crippen LogP contribution in [0.25, 0.3) is 0 Å². The van der Waals surface area contributed by atoms with Gasteiger partial charge in [-0.1, -0.05) is 6.07 Å². The first-order valence-electron chi connectivity index (χ1n) is 3.99. The summed E-state index contributed by atoms with van der Waals surface area (Å²) >= 11 is 0. The van der Waals surface area contributed by atoms with Gasteiger partial charge in [0.05, 0.1) is 12.7 Å². The zero-order chi connectivity index (χ0) is 10.7. The Balaban J connectivity index is 3.53. The number of aryl methyl sites for hydroxylation is 1. The van der Waals surface area contributed by atoms with Gasteiger partial charge in [-0.3, -0.25) is 4.79 Å². The van der Waals surface area contributed by atoms with Crippen molar-refractivity contribution in [1.82, 2.24) is 0 Å². The van der Waals surface area contributed by atoms with Crippen molar-refractivity contribution in [3.63, 3.8) is 0 Å². The number of nitriles is 1. The monoisotopic (exact) mass is 190 g/mol. The first-order valence-corrected chi connectivity index (χ1v) is 3.99. The fourth-order valence-corrected chi connectivity index (χ4v) is 1.29. The highest BCUT2D eigenvalue weighted by Gasteiger charge is 2.15. The zero-order valence-corrected chi connectivity index (χ0v) is 8.00. The number of carbonyl (C=O) groups is 1. The highest BCUT2D eigenvalue weighted by molar-refractivity contribution is 5.97. The van der Waals surface area contributed by atoms with Gasteiger partial charge in [0.25, 0.3) is 0 Å². The van der Waals surface area contributed by atoms with Crippen molar-refractivity contribution >= 4 is 5.91 Å². The fraction of sp³-hybridized carbons (Fsp3) is 0.200. The summed E-state index contributed by atoms with van der Waals surface area (Å²) in [7, 11) is 1.44. The van der Waals surface area contributed by atoms with Crippen molar-refractivity contribution in [3.8, 4) is 11.8 Å². The lowest BCUT2D eigenvalue weighted by Crippen LogP contribution is -2.15. The number of rotatable bonds is 2. The van der Waals surface area contributed by atoms with Gasteiger partial charge in [-0.05, 0) is 18.6 Å². The molecule has 0 saturated carbocycles. The van der Waals surface area contributed by atoms with Gasteiger partial charge in [0.15, 0.2) is 0 Å². The van der Waals surface area contributed by atoms with Crippen molar-refractivity contribution in [3.05, 3.63) is 28.8 Å². The molecule has 1 aromatic carbocycles. The van der Waals surface area contributed by atoms with Crippen molar-refractivity contribution < 1.29 is 9.53 Å². The van der Waals surface area contributed by atoms with Crippen LogP contribution >= 0.6 is 0 Å². The molecule has 0 saturated heterocycles. The van der Waals surface area contributed by atoms with E-state index in [1.165, 1.54) is 7.11 Å². The highest BCUT2D eigenvalue weighted by atomic mass is 16.5. The molecule has 1 aromatic rings. The van der Waals surface area contributed by atoms with Gasteiger partial charge >= 0.3 is 0 Å². The molecule has 0 aliphatic rings. The SMILES string of the molecule is COc1ccc(C)c(C(N)=O)c1C#N. The van der Waals surface area contributed by atoms with Gasteiger partial charge in [0.2, 0.25) is 5.91 Å². The van der Waals surface area contributed by atoms with E-state index < -0.39 is 5.91 Å². The van der Waals surface area contributed by atoms with Gasteiger partial charge in [-0.15, -0.1) is 0 Å². The average Bonchev–Trinajstić information content (AvgIpc) is 2.16. The van der Waals surface area contributed by atoms with Crippen molar-refractivity contribution in [2.45, 2.75) is 6.92 Å². The topological polar surface area (TPSA) is 76.1 Å². The maximum absolute atomic E-state index is 11.1. The number of methoxy groups -OCH3 is 1. The smallest absolute Gasteiger partial charge is 0.250 e. The fourth-order valence-electron chi connectivity index (χ4n) is 1.29. The molecule has 0 fully saturated rings. The van der Waals surface area contributed by atoms with E-state index >= 15 is 0 Å². The van der Waals surface area contributed by atoms with E-state index in [0.717, 1.165) is 0 Å². The zero-order valence-electron chi connectivity index (χ0n) is 8.00. The van der Waals surface area contributed by atoms with Crippen LogP contribution in [-0.2, 0) is 0 Å². The Morgan fingerprint density at radius 2 is 2.21 bits per heavy atom. The van der Waals surface area contributed by atoms with Crippen molar-refractivity contribution in [2.75, 3.05) is 7.11 Å². The third-order valence-electron chi connectivity index (χ3n) is 1.95. The Morgan fingerprint density at radius 1 is 1.57 bits per heavy atom. The van der Waals surface area contributed by atoms with Crippen LogP contribution in [0.15, 0.2) is 12.1 Å². The number of nitrogens with two attached hydrogens (primary N) is 1. The molecule has 4 nitrogen and oxygen atoms in total. The largest absolute Gasteiger partial charge is 0.495 e. The Morgan fingerprint density at radius 3 is 2.64 bits per heavy atom. The molecular formula is C10H10N2O2. The van der Waals surface area contributed by atoms with E-state index in [1.54, 1.807) is 19.1 Å². The van der Waals surface area contributed by atoms with Crippen LogP contribution in [0.2, 0.25) is 0 Å². The summed E-state index contributed by atoms with van der Waals surface area (Å²) in [4.78, 5) is 11.1. The summed E-state index contributed by atoms with van der Waals surface area (Å²) in [6.07, 6.45) is 0. The summed E-state index contributed by atoms with van der Waals surface area (Å²) in [6.45, 7) is 1.72. The lowest BCUT2D eigenvalue weighted by molar-refractivity contribution is 0.0999. The third kappa shape index (κ3) is 1.52. The Labute approximate surface area is 81.9 Å². The van der Waals surface area contributed by atoms with E-state index in [4.69, 9.17) is 15.7 Å². The second-order valence-corrected chi connectivity index (χ2v) is 2.81. The average molecular weight is 190 g/mol. The maximum atomic E-state index is 11.1. The van der Waals surface area contributed by atoms with Gasteiger partial charge < -0.3 is 10.5 Å². The first kappa shape index (κ1) is 10.1. The number of nitrogens with zero attached hydrogens (tertiary/aromatic N) is 1. The summed E-state index contributed by atoms with van der Waals surface area (Å²) in [5.41, 5.74) is 6.27. The van der Waals surface area contributed by atoms with Crippen molar-refractivity contribution in [1.29, 1.82) is 5.26 Å². The number of hydrogen-bond donors (Lipinski definition) is 1. The Bertz CT molecular complexity index is 419. The second kappa shape index (κ2) is 3.79. The molecule has 2 N–H and O–H groups in total. The van der Waals surface area contributed by atoms with Crippen LogP contribution in [0, 0.1) is 18.3 Å². The van der Waals surface area contributed by atoms with Gasteiger partial charge in [-0.25, -0.2) is 0 Å². The molecule has 4 heteroatoms. The van der Waals surface area contributed by atoms with Gasteiger partial charge in [0, 0.05) is 0 Å². The van der Waals surface area contributed by atoms with Crippen LogP contribution in [-0.4, -0.2) is 13.0 Å². The standard InChI is InChI=1S/C10H10N2O2/c1-6-3-4-8(14-2)7(5-11)9(6)10(12)13/h3-4H,1-2H3,(H2,12,13). The minimum atomic E-state index is -0.613. The minimum absolute atomic E-state index is 0.194. The first-order chi connectivity index (χ1) is 6.61. The van der Waals surface area contributed by atoms with Gasteiger partial charge in [0.1, 0.15) is 17.4 Å². The number of primary amides is 1. The molecule has 0 spiro atoms. The second-order valence-electron chi connectivity index (χ2n) is 2.81. The lowest BCUT2D eigenvalue weighted by atomic mass is 10.0. The normalized spacial score (nSPS) is 9.21. The number of ether oxygens (including phenoxy) is 1. The third-order valence-corrected chi connectivity index (χ3v) is 1.95. The summed E-state index contributed by atoms with van der Waals surface area (Å²) in [6, 6.07) is 5.24. The molecule has 0 aromatic heterocycles. The molecule has 0 aliphatic heterocycles. The molecule has 14 heavy (non-hydrogen) atoms. The molecule has 0 heterocycles. The van der Waals surface area contributed by atoms with Crippen LogP contribution in [0.1, 0.15) is 21.5 Å². The quantitative estimate of drug-likeness (QED) is 0.755. The number of benzene rings is 1. The molecule has 0 aliphatic carbocycles. The minimum Gasteiger partial charge on any atom is -0.495 e. The van der Waals surface area contributed by atoms with E-state index in [1.807, 2.05) is 6.07 Å². The number of hydrogen-bond acceptors (Lipinski definition) is 3. The number of carbonyl (C=O) groups excluding carboxylic acids is 1. The lowest BCUT2D eigenvalue weighted by Gasteiger charge is -2.08. The van der Waals surface area contributed by atoms with Crippen LogP contribution in [0.5, 0.6) is 5.75 Å². The van der Waals surface area contributed by atoms with E-state index in [2.05, 4.69) is 0 Å². The van der Waals surface area contributed by atoms with E-state index in [-0.39, 0.29) is 11.1 Å². The molecule has 1 rings (SSSR count). The maximum Gasteiger partial charge on any atom is 0.250 e. The predicted molar refractivity (Wildman–Crippen MR) is 51.0 cm³/mol. The summed E-state index contributed by atoms with van der Waals surface area (Å²) in [5.74, 6) is -0.246. The molecular weight excluding hydrogens is 180 g/mol. The molecule has 0 atom stereocenters. The predicted octanol–water partition coefficient (Wildman–Crippen LogP) is 0.974. The van der Waals surface area contributed by atoms with Crippen molar-refractivity contribution in [2.24, 2.45) is 5.73 Å². The summed E-state index contributed by atoms with van der Waals surface area (Å²) < 4.78 is 4.95.